The molecule has 202 valence electrons. The van der Waals surface area contributed by atoms with Crippen LogP contribution in [0.5, 0.6) is 5.75 Å². The van der Waals surface area contributed by atoms with E-state index >= 15 is 0 Å². The van der Waals surface area contributed by atoms with Gasteiger partial charge < -0.3 is 14.4 Å². The molecule has 8 nitrogen and oxygen atoms in total. The number of carbonyl (C=O) groups excluding carboxylic acids is 2. The molecule has 9 heteroatoms. The summed E-state index contributed by atoms with van der Waals surface area (Å²) >= 11 is 1.16. The number of methoxy groups -OCH3 is 1. The molecule has 0 radical (unpaired) electrons. The van der Waals surface area contributed by atoms with Gasteiger partial charge in [0.2, 0.25) is 0 Å². The van der Waals surface area contributed by atoms with E-state index in [0.717, 1.165) is 27.8 Å². The minimum Gasteiger partial charge on any atom is -0.496 e. The number of fused-ring (bicyclic) bond motifs is 3. The summed E-state index contributed by atoms with van der Waals surface area (Å²) in [7, 11) is 1.56. The number of hydrogen-bond acceptors (Lipinski definition) is 7. The van der Waals surface area contributed by atoms with E-state index in [1.165, 1.54) is 4.57 Å². The van der Waals surface area contributed by atoms with E-state index in [1.807, 2.05) is 67.6 Å². The van der Waals surface area contributed by atoms with Gasteiger partial charge in [0.05, 0.1) is 36.2 Å². The topological polar surface area (TPSA) is 90.2 Å². The number of thiazole rings is 1. The van der Waals surface area contributed by atoms with Crippen LogP contribution in [0.4, 0.5) is 5.69 Å². The highest BCUT2D eigenvalue weighted by Gasteiger charge is 2.38. The van der Waals surface area contributed by atoms with Crippen LogP contribution in [-0.4, -0.2) is 36.7 Å². The van der Waals surface area contributed by atoms with Crippen molar-refractivity contribution in [3.8, 4) is 5.75 Å². The molecule has 0 bridgehead atoms. The number of esters is 1. The summed E-state index contributed by atoms with van der Waals surface area (Å²) in [5.41, 5.74) is 2.80. The lowest BCUT2D eigenvalue weighted by Crippen LogP contribution is -2.41. The van der Waals surface area contributed by atoms with Crippen LogP contribution >= 0.6 is 11.3 Å². The van der Waals surface area contributed by atoms with E-state index in [0.29, 0.717) is 39.5 Å². The molecule has 0 aliphatic carbocycles. The van der Waals surface area contributed by atoms with Gasteiger partial charge in [-0.25, -0.2) is 9.79 Å². The van der Waals surface area contributed by atoms with Gasteiger partial charge in [-0.05, 0) is 43.7 Å². The fraction of sp³-hybridized carbons (Fsp3) is 0.226. The first kappa shape index (κ1) is 25.8. The highest BCUT2D eigenvalue weighted by atomic mass is 32.1. The van der Waals surface area contributed by atoms with Gasteiger partial charge in [0.15, 0.2) is 4.80 Å². The zero-order valence-electron chi connectivity index (χ0n) is 22.6. The van der Waals surface area contributed by atoms with Crippen LogP contribution in [0.3, 0.4) is 0 Å². The van der Waals surface area contributed by atoms with E-state index < -0.39 is 17.6 Å². The number of nitrogens with zero attached hydrogens (tertiary/aromatic N) is 3. The number of amides is 1. The van der Waals surface area contributed by atoms with Crippen LogP contribution in [0, 0.1) is 0 Å². The predicted octanol–water partition coefficient (Wildman–Crippen LogP) is 3.70. The predicted molar refractivity (Wildman–Crippen MR) is 154 cm³/mol. The van der Waals surface area contributed by atoms with Crippen molar-refractivity contribution < 1.29 is 19.1 Å². The SMILES string of the molecule is CCOC(=O)C1=C(C)N=c2s/c(=C3/C(=O)N(CC)c4ccccc43)c(=O)n2[C@H]1c1c(OC)ccc2ccccc12. The first-order chi connectivity index (χ1) is 19.4. The van der Waals surface area contributed by atoms with Gasteiger partial charge in [0.25, 0.3) is 11.5 Å². The van der Waals surface area contributed by atoms with Gasteiger partial charge in [0.1, 0.15) is 16.3 Å². The Morgan fingerprint density at radius 1 is 1.02 bits per heavy atom. The Morgan fingerprint density at radius 2 is 1.77 bits per heavy atom. The Kier molecular flexibility index (Phi) is 6.38. The van der Waals surface area contributed by atoms with Crippen molar-refractivity contribution in [1.82, 2.24) is 4.57 Å². The van der Waals surface area contributed by atoms with Crippen molar-refractivity contribution in [3.63, 3.8) is 0 Å². The number of anilines is 1. The van der Waals surface area contributed by atoms with Crippen LogP contribution in [0.1, 0.15) is 37.9 Å². The average molecular weight is 554 g/mol. The smallest absolute Gasteiger partial charge is 0.338 e. The van der Waals surface area contributed by atoms with Crippen LogP contribution in [0.25, 0.3) is 16.3 Å². The molecule has 3 heterocycles. The second-order valence-corrected chi connectivity index (χ2v) is 10.4. The Labute approximate surface area is 234 Å². The first-order valence-corrected chi connectivity index (χ1v) is 13.9. The summed E-state index contributed by atoms with van der Waals surface area (Å²) in [5, 5.41) is 1.76. The highest BCUT2D eigenvalue weighted by molar-refractivity contribution is 7.07. The maximum Gasteiger partial charge on any atom is 0.338 e. The van der Waals surface area contributed by atoms with Gasteiger partial charge >= 0.3 is 5.97 Å². The second-order valence-electron chi connectivity index (χ2n) is 9.47. The Morgan fingerprint density at radius 3 is 2.52 bits per heavy atom. The second kappa shape index (κ2) is 9.91. The molecule has 0 saturated heterocycles. The van der Waals surface area contributed by atoms with Crippen molar-refractivity contribution in [2.24, 2.45) is 4.99 Å². The Bertz CT molecular complexity index is 1930. The molecule has 1 aromatic heterocycles. The molecule has 2 aliphatic heterocycles. The number of para-hydroxylation sites is 1. The summed E-state index contributed by atoms with van der Waals surface area (Å²) in [5.74, 6) is -0.256. The fourth-order valence-electron chi connectivity index (χ4n) is 5.66. The fourth-order valence-corrected chi connectivity index (χ4v) is 6.80. The van der Waals surface area contributed by atoms with Crippen LogP contribution < -0.4 is 24.5 Å². The van der Waals surface area contributed by atoms with Crippen molar-refractivity contribution in [2.75, 3.05) is 25.2 Å². The Balaban J connectivity index is 1.73. The zero-order chi connectivity index (χ0) is 28.1. The molecular weight excluding hydrogens is 526 g/mol. The third-order valence-corrected chi connectivity index (χ3v) is 8.44. The zero-order valence-corrected chi connectivity index (χ0v) is 23.4. The Hall–Kier alpha value is -4.50. The van der Waals surface area contributed by atoms with Crippen molar-refractivity contribution in [1.29, 1.82) is 0 Å². The van der Waals surface area contributed by atoms with E-state index in [4.69, 9.17) is 14.5 Å². The molecular formula is C31H27N3O5S. The molecule has 0 unspecified atom stereocenters. The number of allylic oxidation sites excluding steroid dienone is 1. The number of likely N-dealkylation sites (N-methyl/N-ethyl adjacent to an activating group) is 1. The van der Waals surface area contributed by atoms with Crippen LogP contribution in [0.15, 0.2) is 81.7 Å². The average Bonchev–Trinajstić information content (AvgIpc) is 3.43. The number of aromatic nitrogens is 1. The van der Waals surface area contributed by atoms with E-state index in [1.54, 1.807) is 25.9 Å². The van der Waals surface area contributed by atoms with Gasteiger partial charge in [-0.3, -0.25) is 14.2 Å². The van der Waals surface area contributed by atoms with Crippen molar-refractivity contribution in [3.05, 3.63) is 103 Å². The minimum atomic E-state index is -0.875. The quantitative estimate of drug-likeness (QED) is 0.352. The lowest BCUT2D eigenvalue weighted by Gasteiger charge is -2.27. The van der Waals surface area contributed by atoms with Gasteiger partial charge in [-0.15, -0.1) is 0 Å². The number of hydrogen-bond donors (Lipinski definition) is 0. The van der Waals surface area contributed by atoms with Gasteiger partial charge in [-0.1, -0.05) is 59.9 Å². The standard InChI is InChI=1S/C31H27N3O5S/c1-5-33-21-14-10-9-13-20(21)25(28(33)35)27-29(36)34-26(23(30(37)39-6-2)17(3)32-31(34)40-27)24-19-12-8-7-11-18(19)15-16-22(24)38-4/h7-16,26H,5-6H2,1-4H3/b27-25+/t26-/m1/s1. The molecule has 1 atom stereocenters. The minimum absolute atomic E-state index is 0.168. The molecule has 40 heavy (non-hydrogen) atoms. The molecule has 6 rings (SSSR count). The summed E-state index contributed by atoms with van der Waals surface area (Å²) in [6.07, 6.45) is 0. The van der Waals surface area contributed by atoms with E-state index in [9.17, 15) is 14.4 Å². The number of carbonyl (C=O) groups is 2. The van der Waals surface area contributed by atoms with Crippen molar-refractivity contribution in [2.45, 2.75) is 26.8 Å². The molecule has 1 amide bonds. The maximum absolute atomic E-state index is 14.4. The van der Waals surface area contributed by atoms with Crippen molar-refractivity contribution >= 4 is 45.2 Å². The lowest BCUT2D eigenvalue weighted by atomic mass is 9.90. The monoisotopic (exact) mass is 553 g/mol. The van der Waals surface area contributed by atoms with Gasteiger partial charge in [-0.2, -0.15) is 0 Å². The van der Waals surface area contributed by atoms with Crippen LogP contribution in [0.2, 0.25) is 0 Å². The van der Waals surface area contributed by atoms with E-state index in [-0.39, 0.29) is 22.6 Å². The number of ether oxygens (including phenoxy) is 2. The van der Waals surface area contributed by atoms with Crippen LogP contribution in [-0.2, 0) is 14.3 Å². The summed E-state index contributed by atoms with van der Waals surface area (Å²) in [4.78, 5) is 48.2. The maximum atomic E-state index is 14.4. The molecule has 3 aromatic carbocycles. The first-order valence-electron chi connectivity index (χ1n) is 13.1. The molecule has 0 fully saturated rings. The molecule has 2 aliphatic rings. The lowest BCUT2D eigenvalue weighted by molar-refractivity contribution is -0.139. The largest absolute Gasteiger partial charge is 0.496 e. The number of rotatable bonds is 5. The number of benzene rings is 3. The highest BCUT2D eigenvalue weighted by Crippen LogP contribution is 2.40. The molecule has 0 spiro atoms. The van der Waals surface area contributed by atoms with Gasteiger partial charge in [0, 0.05) is 17.7 Å². The third-order valence-electron chi connectivity index (χ3n) is 7.38. The van der Waals surface area contributed by atoms with E-state index in [2.05, 4.69) is 0 Å². The third kappa shape index (κ3) is 3.72. The summed E-state index contributed by atoms with van der Waals surface area (Å²) in [6.45, 7) is 6.02. The molecule has 0 saturated carbocycles. The normalized spacial score (nSPS) is 17.6. The molecule has 0 N–H and O–H groups in total. The summed E-state index contributed by atoms with van der Waals surface area (Å²) < 4.78 is 13.1. The summed E-state index contributed by atoms with van der Waals surface area (Å²) in [6, 6.07) is 18.1. The molecule has 4 aromatic rings.